The Balaban J connectivity index is 2.37. The van der Waals surface area contributed by atoms with E-state index in [0.29, 0.717) is 25.2 Å². The van der Waals surface area contributed by atoms with E-state index in [0.717, 1.165) is 12.8 Å². The van der Waals surface area contributed by atoms with Crippen molar-refractivity contribution < 1.29 is 9.90 Å². The zero-order valence-corrected chi connectivity index (χ0v) is 8.29. The van der Waals surface area contributed by atoms with Crippen molar-refractivity contribution in [3.8, 4) is 0 Å². The van der Waals surface area contributed by atoms with Crippen LogP contribution in [0.5, 0.6) is 0 Å². The third kappa shape index (κ3) is 3.22. The number of amides is 1. The molecule has 4 heteroatoms. The van der Waals surface area contributed by atoms with Gasteiger partial charge >= 0.3 is 6.09 Å². The molecule has 0 spiro atoms. The van der Waals surface area contributed by atoms with Crippen molar-refractivity contribution in [1.29, 1.82) is 0 Å². The summed E-state index contributed by atoms with van der Waals surface area (Å²) in [5.41, 5.74) is 0. The maximum atomic E-state index is 10.7. The molecular weight excluding hydrogens is 168 g/mol. The van der Waals surface area contributed by atoms with Gasteiger partial charge in [-0.1, -0.05) is 13.8 Å². The number of hydrogen-bond acceptors (Lipinski definition) is 2. The molecule has 1 heterocycles. The number of nitrogens with zero attached hydrogens (tertiary/aromatic N) is 1. The summed E-state index contributed by atoms with van der Waals surface area (Å²) in [6.45, 7) is 5.48. The summed E-state index contributed by atoms with van der Waals surface area (Å²) in [5.74, 6) is 0. The van der Waals surface area contributed by atoms with E-state index in [1.54, 1.807) is 0 Å². The molecule has 76 valence electrons. The lowest BCUT2D eigenvalue weighted by Gasteiger charge is -2.32. The topological polar surface area (TPSA) is 52.6 Å². The first-order valence-corrected chi connectivity index (χ1v) is 4.83. The Kier molecular flexibility index (Phi) is 3.54. The molecule has 0 aromatic heterocycles. The molecule has 1 rings (SSSR count). The minimum Gasteiger partial charge on any atom is -0.465 e. The molecule has 1 unspecified atom stereocenters. The second-order valence-corrected chi connectivity index (χ2v) is 3.89. The predicted molar refractivity (Wildman–Crippen MR) is 50.9 cm³/mol. The van der Waals surface area contributed by atoms with Crippen LogP contribution in [0.25, 0.3) is 0 Å². The molecule has 0 aliphatic carbocycles. The first kappa shape index (κ1) is 10.3. The molecule has 4 nitrogen and oxygen atoms in total. The van der Waals surface area contributed by atoms with Crippen LogP contribution in [0.1, 0.15) is 26.7 Å². The highest BCUT2D eigenvalue weighted by atomic mass is 16.4. The van der Waals surface area contributed by atoms with E-state index in [2.05, 4.69) is 19.2 Å². The summed E-state index contributed by atoms with van der Waals surface area (Å²) < 4.78 is 0. The van der Waals surface area contributed by atoms with Crippen LogP contribution in [0.4, 0.5) is 4.79 Å². The van der Waals surface area contributed by atoms with Crippen LogP contribution in [0.3, 0.4) is 0 Å². The maximum absolute atomic E-state index is 10.7. The summed E-state index contributed by atoms with van der Waals surface area (Å²) in [4.78, 5) is 12.2. The molecule has 1 aliphatic rings. The van der Waals surface area contributed by atoms with Gasteiger partial charge in [0.25, 0.3) is 0 Å². The van der Waals surface area contributed by atoms with Crippen LogP contribution >= 0.6 is 0 Å². The molecule has 0 aromatic carbocycles. The Morgan fingerprint density at radius 3 is 2.85 bits per heavy atom. The third-order valence-electron chi connectivity index (χ3n) is 2.26. The third-order valence-corrected chi connectivity index (χ3v) is 2.26. The highest BCUT2D eigenvalue weighted by Gasteiger charge is 2.22. The summed E-state index contributed by atoms with van der Waals surface area (Å²) in [6.07, 6.45) is 1.26. The van der Waals surface area contributed by atoms with E-state index < -0.39 is 6.09 Å². The number of rotatable bonds is 2. The van der Waals surface area contributed by atoms with Crippen molar-refractivity contribution in [3.63, 3.8) is 0 Å². The van der Waals surface area contributed by atoms with E-state index in [9.17, 15) is 4.79 Å². The minimum atomic E-state index is -0.796. The van der Waals surface area contributed by atoms with Gasteiger partial charge in [0.15, 0.2) is 0 Å². The second kappa shape index (κ2) is 4.46. The van der Waals surface area contributed by atoms with Crippen molar-refractivity contribution in [3.05, 3.63) is 0 Å². The average Bonchev–Trinajstić information content (AvgIpc) is 2.03. The number of piperidine rings is 1. The van der Waals surface area contributed by atoms with Crippen LogP contribution in [-0.2, 0) is 0 Å². The zero-order valence-electron chi connectivity index (χ0n) is 8.29. The zero-order chi connectivity index (χ0) is 9.84. The SMILES string of the molecule is CC(C)NC1CCCN(C(=O)O)C1. The first-order valence-electron chi connectivity index (χ1n) is 4.83. The van der Waals surface area contributed by atoms with Crippen molar-refractivity contribution in [2.24, 2.45) is 0 Å². The van der Waals surface area contributed by atoms with Crippen molar-refractivity contribution in [1.82, 2.24) is 10.2 Å². The van der Waals surface area contributed by atoms with Gasteiger partial charge < -0.3 is 15.3 Å². The van der Waals surface area contributed by atoms with Crippen LogP contribution in [-0.4, -0.2) is 41.3 Å². The van der Waals surface area contributed by atoms with Gasteiger partial charge in [-0.3, -0.25) is 0 Å². The highest BCUT2D eigenvalue weighted by molar-refractivity contribution is 5.65. The molecule has 1 atom stereocenters. The Morgan fingerprint density at radius 2 is 2.31 bits per heavy atom. The van der Waals surface area contributed by atoms with E-state index in [1.807, 2.05) is 0 Å². The van der Waals surface area contributed by atoms with Crippen LogP contribution < -0.4 is 5.32 Å². The maximum Gasteiger partial charge on any atom is 0.407 e. The second-order valence-electron chi connectivity index (χ2n) is 3.89. The standard InChI is InChI=1S/C9H18N2O2/c1-7(2)10-8-4-3-5-11(6-8)9(12)13/h7-8,10H,3-6H2,1-2H3,(H,12,13). The van der Waals surface area contributed by atoms with Crippen molar-refractivity contribution in [2.75, 3.05) is 13.1 Å². The van der Waals surface area contributed by atoms with Gasteiger partial charge in [0.05, 0.1) is 0 Å². The van der Waals surface area contributed by atoms with Gasteiger partial charge in [0, 0.05) is 25.2 Å². The van der Waals surface area contributed by atoms with Gasteiger partial charge in [-0.15, -0.1) is 0 Å². The predicted octanol–water partition coefficient (Wildman–Crippen LogP) is 1.13. The monoisotopic (exact) mass is 186 g/mol. The van der Waals surface area contributed by atoms with E-state index in [4.69, 9.17) is 5.11 Å². The average molecular weight is 186 g/mol. The molecule has 1 aliphatic heterocycles. The fourth-order valence-corrected chi connectivity index (χ4v) is 1.76. The summed E-state index contributed by atoms with van der Waals surface area (Å²) in [6, 6.07) is 0.767. The van der Waals surface area contributed by atoms with E-state index in [1.165, 1.54) is 4.90 Å². The van der Waals surface area contributed by atoms with Gasteiger partial charge in [0.1, 0.15) is 0 Å². The Hall–Kier alpha value is -0.770. The molecule has 0 aromatic rings. The van der Waals surface area contributed by atoms with Crippen LogP contribution in [0, 0.1) is 0 Å². The van der Waals surface area contributed by atoms with E-state index in [-0.39, 0.29) is 0 Å². The summed E-state index contributed by atoms with van der Waals surface area (Å²) >= 11 is 0. The largest absolute Gasteiger partial charge is 0.465 e. The highest BCUT2D eigenvalue weighted by Crippen LogP contribution is 2.10. The van der Waals surface area contributed by atoms with Gasteiger partial charge in [-0.05, 0) is 12.8 Å². The van der Waals surface area contributed by atoms with Crippen molar-refractivity contribution >= 4 is 6.09 Å². The van der Waals surface area contributed by atoms with Crippen molar-refractivity contribution in [2.45, 2.75) is 38.8 Å². The van der Waals surface area contributed by atoms with Gasteiger partial charge in [-0.2, -0.15) is 0 Å². The first-order chi connectivity index (χ1) is 6.09. The number of likely N-dealkylation sites (tertiary alicyclic amines) is 1. The molecule has 13 heavy (non-hydrogen) atoms. The number of nitrogens with one attached hydrogen (secondary N) is 1. The summed E-state index contributed by atoms with van der Waals surface area (Å²) in [5, 5.41) is 12.1. The van der Waals surface area contributed by atoms with Crippen LogP contribution in [0.15, 0.2) is 0 Å². The Bertz CT molecular complexity index is 182. The fraction of sp³-hybridized carbons (Fsp3) is 0.889. The van der Waals surface area contributed by atoms with Crippen LogP contribution in [0.2, 0.25) is 0 Å². The quantitative estimate of drug-likeness (QED) is 0.679. The fourth-order valence-electron chi connectivity index (χ4n) is 1.76. The van der Waals surface area contributed by atoms with E-state index >= 15 is 0 Å². The molecule has 0 radical (unpaired) electrons. The molecule has 2 N–H and O–H groups in total. The molecule has 1 fully saturated rings. The lowest BCUT2D eigenvalue weighted by Crippen LogP contribution is -2.49. The molecule has 0 saturated carbocycles. The van der Waals surface area contributed by atoms with Gasteiger partial charge in [-0.25, -0.2) is 4.79 Å². The lowest BCUT2D eigenvalue weighted by atomic mass is 10.1. The van der Waals surface area contributed by atoms with Gasteiger partial charge in [0.2, 0.25) is 0 Å². The Labute approximate surface area is 78.9 Å². The normalized spacial score (nSPS) is 23.6. The molecular formula is C9H18N2O2. The lowest BCUT2D eigenvalue weighted by molar-refractivity contribution is 0.125. The number of hydrogen-bond donors (Lipinski definition) is 2. The molecule has 1 saturated heterocycles. The molecule has 0 bridgehead atoms. The minimum absolute atomic E-state index is 0.338. The number of carbonyl (C=O) groups is 1. The molecule has 1 amide bonds. The number of carboxylic acid groups (broad SMARTS) is 1. The Morgan fingerprint density at radius 1 is 1.62 bits per heavy atom. The summed E-state index contributed by atoms with van der Waals surface area (Å²) in [7, 11) is 0. The smallest absolute Gasteiger partial charge is 0.407 e.